The summed E-state index contributed by atoms with van der Waals surface area (Å²) in [5.41, 5.74) is -0.859. The van der Waals surface area contributed by atoms with Gasteiger partial charge >= 0.3 is 0 Å². The molecule has 4 heteroatoms. The molecular weight excluding hydrogens is 352 g/mol. The van der Waals surface area contributed by atoms with Gasteiger partial charge < -0.3 is 9.53 Å². The highest BCUT2D eigenvalue weighted by Crippen LogP contribution is 2.68. The fourth-order valence-corrected chi connectivity index (χ4v) is 8.49. The van der Waals surface area contributed by atoms with Gasteiger partial charge in [-0.15, -0.1) is 0 Å². The van der Waals surface area contributed by atoms with Crippen LogP contribution in [-0.2, 0) is 9.22 Å². The highest BCUT2D eigenvalue weighted by atomic mass is 28.4. The molecule has 27 heavy (non-hydrogen) atoms. The third-order valence-electron chi connectivity index (χ3n) is 9.24. The van der Waals surface area contributed by atoms with Crippen LogP contribution in [0.3, 0.4) is 0 Å². The molecule has 3 aliphatic carbocycles. The van der Waals surface area contributed by atoms with Crippen molar-refractivity contribution in [2.24, 2.45) is 28.6 Å². The Bertz CT molecular complexity index is 680. The highest BCUT2D eigenvalue weighted by molar-refractivity contribution is 6.74. The van der Waals surface area contributed by atoms with Crippen molar-refractivity contribution >= 4 is 14.1 Å². The molecule has 0 aromatic carbocycles. The van der Waals surface area contributed by atoms with Crippen LogP contribution in [0.2, 0.25) is 18.1 Å². The van der Waals surface area contributed by atoms with Crippen molar-refractivity contribution in [2.45, 2.75) is 98.1 Å². The van der Waals surface area contributed by atoms with Gasteiger partial charge in [-0.1, -0.05) is 54.5 Å². The van der Waals surface area contributed by atoms with E-state index in [2.05, 4.69) is 67.6 Å². The van der Waals surface area contributed by atoms with Gasteiger partial charge in [-0.3, -0.25) is 4.79 Å². The van der Waals surface area contributed by atoms with Crippen LogP contribution < -0.4 is 0 Å². The number of fused-ring (bicyclic) bond motifs is 1. The predicted molar refractivity (Wildman–Crippen MR) is 113 cm³/mol. The largest absolute Gasteiger partial charge is 0.412 e. The van der Waals surface area contributed by atoms with E-state index in [1.165, 1.54) is 0 Å². The fourth-order valence-electron chi connectivity index (χ4n) is 5.71. The van der Waals surface area contributed by atoms with E-state index in [1.807, 2.05) is 0 Å². The Kier molecular flexibility index (Phi) is 4.56. The molecule has 3 rings (SSSR count). The molecule has 1 spiro atoms. The first-order valence-electron chi connectivity index (χ1n) is 10.7. The van der Waals surface area contributed by atoms with Crippen molar-refractivity contribution in [2.75, 3.05) is 0 Å². The van der Waals surface area contributed by atoms with E-state index in [4.69, 9.17) is 4.43 Å². The highest BCUT2D eigenvalue weighted by Gasteiger charge is 2.71. The minimum absolute atomic E-state index is 0.0136. The Balaban J connectivity index is 2.01. The molecule has 0 amide bonds. The van der Waals surface area contributed by atoms with Crippen LogP contribution in [0, 0.1) is 28.6 Å². The number of hydrogen-bond acceptors (Lipinski definition) is 3. The van der Waals surface area contributed by atoms with Gasteiger partial charge in [0.1, 0.15) is 5.60 Å². The van der Waals surface area contributed by atoms with Crippen LogP contribution in [0.25, 0.3) is 0 Å². The number of rotatable bonds is 4. The van der Waals surface area contributed by atoms with E-state index in [0.29, 0.717) is 5.92 Å². The summed E-state index contributed by atoms with van der Waals surface area (Å²) in [4.78, 5) is 13.3. The van der Waals surface area contributed by atoms with Crippen LogP contribution in [0.5, 0.6) is 0 Å². The minimum Gasteiger partial charge on any atom is -0.412 e. The monoisotopic (exact) mass is 392 g/mol. The Morgan fingerprint density at radius 2 is 1.74 bits per heavy atom. The maximum atomic E-state index is 13.3. The molecule has 0 heterocycles. The number of carbonyl (C=O) groups is 1. The Labute approximate surface area is 167 Å². The first kappa shape index (κ1) is 21.3. The Hall–Kier alpha value is -0.453. The standard InChI is InChI=1S/C23H40O3Si/c1-14(2)21(6,7)27(9,10)26-19-17-15(3)23(11-12-23)22(8,25)18(24)16(17)13-20(19,4)5/h13-15,17,19,25H,11-12H2,1-10H3/t15-,17-,19+,22-/m0/s1. The van der Waals surface area contributed by atoms with Crippen molar-refractivity contribution in [1.82, 2.24) is 0 Å². The van der Waals surface area contributed by atoms with Crippen molar-refractivity contribution < 1.29 is 14.3 Å². The second-order valence-corrected chi connectivity index (χ2v) is 16.3. The summed E-state index contributed by atoms with van der Waals surface area (Å²) in [6.07, 6.45) is 4.03. The predicted octanol–water partition coefficient (Wildman–Crippen LogP) is 5.35. The lowest BCUT2D eigenvalue weighted by Crippen LogP contribution is -2.58. The van der Waals surface area contributed by atoms with Gasteiger partial charge in [0.2, 0.25) is 0 Å². The lowest BCUT2D eigenvalue weighted by atomic mass is 9.60. The zero-order valence-corrected chi connectivity index (χ0v) is 20.1. The smallest absolute Gasteiger partial charge is 0.193 e. The van der Waals surface area contributed by atoms with E-state index in [-0.39, 0.29) is 39.6 Å². The van der Waals surface area contributed by atoms with Gasteiger partial charge in [-0.2, -0.15) is 0 Å². The summed E-state index contributed by atoms with van der Waals surface area (Å²) < 4.78 is 7.07. The maximum absolute atomic E-state index is 13.3. The van der Waals surface area contributed by atoms with Gasteiger partial charge in [0, 0.05) is 22.3 Å². The molecule has 3 nitrogen and oxygen atoms in total. The number of ketones is 1. The molecule has 0 aromatic heterocycles. The first-order valence-corrected chi connectivity index (χ1v) is 13.6. The van der Waals surface area contributed by atoms with E-state index in [1.54, 1.807) is 6.92 Å². The van der Waals surface area contributed by atoms with Gasteiger partial charge in [0.15, 0.2) is 14.1 Å². The average Bonchev–Trinajstić information content (AvgIpc) is 3.28. The summed E-state index contributed by atoms with van der Waals surface area (Å²) in [5, 5.41) is 11.3. The minimum atomic E-state index is -2.04. The van der Waals surface area contributed by atoms with Crippen LogP contribution >= 0.6 is 0 Å². The molecule has 0 aromatic rings. The summed E-state index contributed by atoms with van der Waals surface area (Å²) in [7, 11) is -2.04. The third kappa shape index (κ3) is 2.69. The zero-order chi connectivity index (χ0) is 20.8. The lowest BCUT2D eigenvalue weighted by molar-refractivity contribution is -0.152. The Morgan fingerprint density at radius 3 is 2.19 bits per heavy atom. The summed E-state index contributed by atoms with van der Waals surface area (Å²) in [6, 6.07) is 0. The van der Waals surface area contributed by atoms with Crippen molar-refractivity contribution in [3.8, 4) is 0 Å². The Morgan fingerprint density at radius 1 is 1.22 bits per heavy atom. The molecule has 1 N–H and O–H groups in total. The summed E-state index contributed by atoms with van der Waals surface area (Å²) >= 11 is 0. The fraction of sp³-hybridized carbons (Fsp3) is 0.870. The topological polar surface area (TPSA) is 46.5 Å². The van der Waals surface area contributed by atoms with Gasteiger partial charge in [-0.25, -0.2) is 0 Å². The van der Waals surface area contributed by atoms with Crippen molar-refractivity contribution in [3.05, 3.63) is 11.6 Å². The molecule has 2 saturated carbocycles. The van der Waals surface area contributed by atoms with E-state index in [0.717, 1.165) is 18.4 Å². The maximum Gasteiger partial charge on any atom is 0.193 e. The molecule has 0 radical (unpaired) electrons. The molecule has 0 unspecified atom stereocenters. The second kappa shape index (κ2) is 5.79. The molecule has 0 aliphatic heterocycles. The van der Waals surface area contributed by atoms with Crippen molar-refractivity contribution in [3.63, 3.8) is 0 Å². The van der Waals surface area contributed by atoms with Crippen molar-refractivity contribution in [1.29, 1.82) is 0 Å². The van der Waals surface area contributed by atoms with Gasteiger partial charge in [0.25, 0.3) is 0 Å². The molecule has 0 bridgehead atoms. The molecule has 0 saturated heterocycles. The van der Waals surface area contributed by atoms with E-state index >= 15 is 0 Å². The normalized spacial score (nSPS) is 37.6. The van der Waals surface area contributed by atoms with Crippen LogP contribution in [0.15, 0.2) is 11.6 Å². The second-order valence-electron chi connectivity index (χ2n) is 11.7. The number of hydrogen-bond donors (Lipinski definition) is 1. The average molecular weight is 393 g/mol. The lowest BCUT2D eigenvalue weighted by Gasteiger charge is -2.51. The van der Waals surface area contributed by atoms with Crippen LogP contribution in [0.1, 0.15) is 68.2 Å². The molecule has 2 fully saturated rings. The summed E-state index contributed by atoms with van der Waals surface area (Å²) in [6.45, 7) is 22.3. The van der Waals surface area contributed by atoms with Gasteiger partial charge in [0.05, 0.1) is 6.10 Å². The number of carbonyl (C=O) groups excluding carboxylic acids is 1. The van der Waals surface area contributed by atoms with Crippen LogP contribution in [0.4, 0.5) is 0 Å². The number of aliphatic hydroxyl groups is 1. The molecular formula is C23H40O3Si. The number of Topliss-reactive ketones (excluding diaryl/α,β-unsaturated/α-hetero) is 1. The molecule has 154 valence electrons. The SMILES string of the molecule is CC(C)C(C)(C)[Si](C)(C)O[C@@H]1[C@@H]2C(=CC1(C)C)C(=O)[C@](C)(O)C1(CC1)[C@H]2C. The molecule has 3 aliphatic rings. The van der Waals surface area contributed by atoms with Crippen LogP contribution in [-0.4, -0.2) is 30.9 Å². The quantitative estimate of drug-likeness (QED) is 0.656. The van der Waals surface area contributed by atoms with Gasteiger partial charge in [-0.05, 0) is 49.7 Å². The first-order chi connectivity index (χ1) is 12.0. The molecule has 4 atom stereocenters. The zero-order valence-electron chi connectivity index (χ0n) is 19.1. The summed E-state index contributed by atoms with van der Waals surface area (Å²) in [5.74, 6) is 0.849. The van der Waals surface area contributed by atoms with E-state index < -0.39 is 13.9 Å². The third-order valence-corrected chi connectivity index (χ3v) is 13.8. The van der Waals surface area contributed by atoms with E-state index in [9.17, 15) is 9.90 Å².